The summed E-state index contributed by atoms with van der Waals surface area (Å²) in [5.74, 6) is 2.80. The summed E-state index contributed by atoms with van der Waals surface area (Å²) < 4.78 is 26.5. The van der Waals surface area contributed by atoms with Crippen LogP contribution in [0.2, 0.25) is 5.02 Å². The topological polar surface area (TPSA) is 76.6 Å². The molecule has 0 radical (unpaired) electrons. The number of methoxy groups -OCH3 is 1. The van der Waals surface area contributed by atoms with Crippen LogP contribution in [0.4, 0.5) is 15.9 Å². The Kier molecular flexibility index (Phi) is 6.44. The number of fused-ring (bicyclic) bond motifs is 2. The molecule has 2 aliphatic rings. The quantitative estimate of drug-likeness (QED) is 0.528. The van der Waals surface area contributed by atoms with Crippen molar-refractivity contribution in [1.82, 2.24) is 14.9 Å². The molecule has 5 rings (SSSR count). The fourth-order valence-electron chi connectivity index (χ4n) is 5.33. The number of benzene rings is 2. The van der Waals surface area contributed by atoms with Crippen LogP contribution >= 0.6 is 11.6 Å². The molecule has 1 N–H and O–H groups in total. The van der Waals surface area contributed by atoms with E-state index in [0.29, 0.717) is 58.0 Å². The average Bonchev–Trinajstić information content (AvgIpc) is 3.42. The first-order valence-electron chi connectivity index (χ1n) is 11.8. The Balaban J connectivity index is 1.33. The summed E-state index contributed by atoms with van der Waals surface area (Å²) in [7, 11) is 3.33. The number of carbonyl (C=O) groups excluding carboxylic acids is 1. The maximum Gasteiger partial charge on any atom is 0.219 e. The highest BCUT2D eigenvalue weighted by Gasteiger charge is 2.41. The zero-order chi connectivity index (χ0) is 24.7. The van der Waals surface area contributed by atoms with Gasteiger partial charge in [-0.3, -0.25) is 4.79 Å². The maximum absolute atomic E-state index is 14.6. The van der Waals surface area contributed by atoms with Gasteiger partial charge in [-0.15, -0.1) is 0 Å². The van der Waals surface area contributed by atoms with Gasteiger partial charge in [0.05, 0.1) is 29.9 Å². The minimum Gasteiger partial charge on any atom is -0.493 e. The summed E-state index contributed by atoms with van der Waals surface area (Å²) in [6.45, 7) is 3.94. The van der Waals surface area contributed by atoms with Crippen LogP contribution in [0.25, 0.3) is 10.9 Å². The number of rotatable bonds is 6. The van der Waals surface area contributed by atoms with Gasteiger partial charge in [-0.2, -0.15) is 0 Å². The van der Waals surface area contributed by atoms with Gasteiger partial charge in [-0.25, -0.2) is 14.4 Å². The Hall–Kier alpha value is -3.07. The van der Waals surface area contributed by atoms with E-state index >= 15 is 0 Å². The Morgan fingerprint density at radius 2 is 1.97 bits per heavy atom. The second-order valence-electron chi connectivity index (χ2n) is 9.52. The molecule has 2 aromatic carbocycles. The normalized spacial score (nSPS) is 21.3. The van der Waals surface area contributed by atoms with Crippen molar-refractivity contribution < 1.29 is 18.7 Å². The largest absolute Gasteiger partial charge is 0.493 e. The molecule has 2 fully saturated rings. The molecule has 7 nitrogen and oxygen atoms in total. The van der Waals surface area contributed by atoms with Gasteiger partial charge in [-0.1, -0.05) is 23.1 Å². The molecule has 2 heterocycles. The van der Waals surface area contributed by atoms with E-state index in [1.807, 2.05) is 11.0 Å². The van der Waals surface area contributed by atoms with Crippen LogP contribution in [0.15, 0.2) is 30.6 Å². The van der Waals surface area contributed by atoms with Gasteiger partial charge in [0, 0.05) is 31.5 Å². The van der Waals surface area contributed by atoms with E-state index in [1.165, 1.54) is 6.33 Å². The number of carbonyl (C=O) groups is 1. The smallest absolute Gasteiger partial charge is 0.219 e. The molecule has 1 aliphatic carbocycles. The first-order valence-corrected chi connectivity index (χ1v) is 12.1. The van der Waals surface area contributed by atoms with Gasteiger partial charge >= 0.3 is 0 Å². The predicted octanol–water partition coefficient (Wildman–Crippen LogP) is 3.32. The number of nitrogens with one attached hydrogen (secondary N) is 1. The molecule has 1 aliphatic heterocycles. The van der Waals surface area contributed by atoms with Gasteiger partial charge in [-0.05, 0) is 42.7 Å². The molecule has 0 spiro atoms. The lowest BCUT2D eigenvalue weighted by Crippen LogP contribution is -2.27. The Morgan fingerprint density at radius 1 is 1.23 bits per heavy atom. The van der Waals surface area contributed by atoms with E-state index in [4.69, 9.17) is 21.1 Å². The number of hydrogen-bond donors (Lipinski definition) is 1. The highest BCUT2D eigenvalue weighted by Crippen LogP contribution is 2.42. The number of hydrogen-bond acceptors (Lipinski definition) is 6. The van der Waals surface area contributed by atoms with E-state index < -0.39 is 5.82 Å². The van der Waals surface area contributed by atoms with Crippen LogP contribution in [-0.4, -0.2) is 55.4 Å². The van der Waals surface area contributed by atoms with Gasteiger partial charge in [0.1, 0.15) is 20.0 Å². The lowest BCUT2D eigenvalue weighted by Gasteiger charge is -2.19. The summed E-state index contributed by atoms with van der Waals surface area (Å²) in [5, 5.41) is 3.78. The summed E-state index contributed by atoms with van der Waals surface area (Å²) >= 11 is 6.07. The molecule has 1 saturated heterocycles. The van der Waals surface area contributed by atoms with Crippen molar-refractivity contribution in [3.63, 3.8) is 0 Å². The van der Waals surface area contributed by atoms with Crippen LogP contribution in [-0.2, 0) is 4.79 Å². The van der Waals surface area contributed by atoms with Crippen molar-refractivity contribution in [2.24, 2.45) is 17.8 Å². The molecular formula is C25H27BClFN4O3. The third-order valence-electron chi connectivity index (χ3n) is 7.22. The number of aromatic nitrogens is 2. The van der Waals surface area contributed by atoms with Gasteiger partial charge in [0.15, 0.2) is 17.3 Å². The monoisotopic (exact) mass is 496 g/mol. The van der Waals surface area contributed by atoms with Crippen molar-refractivity contribution >= 4 is 53.2 Å². The van der Waals surface area contributed by atoms with Crippen molar-refractivity contribution in [1.29, 1.82) is 0 Å². The fourth-order valence-corrected chi connectivity index (χ4v) is 5.50. The van der Waals surface area contributed by atoms with Gasteiger partial charge < -0.3 is 19.7 Å². The Bertz CT molecular complexity index is 1280. The van der Waals surface area contributed by atoms with Crippen LogP contribution in [0.1, 0.15) is 19.8 Å². The van der Waals surface area contributed by atoms with Crippen LogP contribution in [0, 0.1) is 23.6 Å². The molecule has 1 aromatic heterocycles. The third-order valence-corrected chi connectivity index (χ3v) is 7.68. The minimum absolute atomic E-state index is 0.0756. The second-order valence-corrected chi connectivity index (χ2v) is 9.90. The highest BCUT2D eigenvalue weighted by molar-refractivity contribution is 6.45. The molecule has 1 unspecified atom stereocenters. The number of ether oxygens (including phenoxy) is 2. The molecule has 3 atom stereocenters. The minimum atomic E-state index is -0.530. The summed E-state index contributed by atoms with van der Waals surface area (Å²) in [6.07, 6.45) is 3.55. The zero-order valence-corrected chi connectivity index (χ0v) is 20.7. The number of likely N-dealkylation sites (tertiary alicyclic amines) is 1. The molecule has 10 heteroatoms. The first kappa shape index (κ1) is 23.7. The molecule has 0 bridgehead atoms. The van der Waals surface area contributed by atoms with E-state index in [0.717, 1.165) is 25.9 Å². The van der Waals surface area contributed by atoms with E-state index in [1.54, 1.807) is 40.1 Å². The van der Waals surface area contributed by atoms with Crippen LogP contribution in [0.3, 0.4) is 0 Å². The number of nitrogens with zero attached hydrogens (tertiary/aromatic N) is 3. The Labute approximate surface area is 209 Å². The van der Waals surface area contributed by atoms with Gasteiger partial charge in [0.25, 0.3) is 0 Å². The molecule has 35 heavy (non-hydrogen) atoms. The molecule has 3 aromatic rings. The molecule has 1 saturated carbocycles. The van der Waals surface area contributed by atoms with Crippen molar-refractivity contribution in [2.75, 3.05) is 32.1 Å². The summed E-state index contributed by atoms with van der Waals surface area (Å²) in [5.41, 5.74) is 1.54. The van der Waals surface area contributed by atoms with Crippen molar-refractivity contribution in [3.05, 3.63) is 41.4 Å². The van der Waals surface area contributed by atoms with E-state index in [-0.39, 0.29) is 16.6 Å². The van der Waals surface area contributed by atoms with Crippen LogP contribution < -0.4 is 20.3 Å². The third kappa shape index (κ3) is 4.61. The lowest BCUT2D eigenvalue weighted by molar-refractivity contribution is -0.128. The lowest BCUT2D eigenvalue weighted by atomic mass is 9.96. The maximum atomic E-state index is 14.6. The number of anilines is 2. The van der Waals surface area contributed by atoms with Crippen molar-refractivity contribution in [2.45, 2.75) is 19.8 Å². The average molecular weight is 497 g/mol. The second kappa shape index (κ2) is 9.53. The summed E-state index contributed by atoms with van der Waals surface area (Å²) in [6, 6.07) is 7.01. The standard InChI is InChI=1S/C25H27BClFN4O3/c1-13(33)32-9-15-5-14(6-16(15)10-32)11-35-22-8-20-17(7-21(22)34-2)25(30-12-29-20)31-19-4-3-18(26)23(27)24(19)28/h3-4,7-8,12,14-16H,5-6,9-11,26H2,1-2H3,(H,29,30,31)/t14?,15-,16+. The fraction of sp³-hybridized carbons (Fsp3) is 0.400. The molecule has 182 valence electrons. The summed E-state index contributed by atoms with van der Waals surface area (Å²) in [4.78, 5) is 22.3. The molecule has 1 amide bonds. The van der Waals surface area contributed by atoms with Crippen LogP contribution in [0.5, 0.6) is 11.5 Å². The number of amides is 1. The highest BCUT2D eigenvalue weighted by atomic mass is 35.5. The predicted molar refractivity (Wildman–Crippen MR) is 136 cm³/mol. The van der Waals surface area contributed by atoms with E-state index in [2.05, 4.69) is 15.3 Å². The van der Waals surface area contributed by atoms with Crippen molar-refractivity contribution in [3.8, 4) is 11.5 Å². The molecular weight excluding hydrogens is 470 g/mol. The Morgan fingerprint density at radius 3 is 2.66 bits per heavy atom. The first-order chi connectivity index (χ1) is 16.8. The SMILES string of the molecule is Bc1ccc(Nc2ncnc3cc(OCC4C[C@@H]5CN(C(C)=O)C[C@@H]5C4)c(OC)cc23)c(F)c1Cl. The van der Waals surface area contributed by atoms with E-state index in [9.17, 15) is 9.18 Å². The van der Waals surface area contributed by atoms with Gasteiger partial charge in [0.2, 0.25) is 5.91 Å². The number of halogens is 2. The zero-order valence-electron chi connectivity index (χ0n) is 20.0.